The van der Waals surface area contributed by atoms with Gasteiger partial charge in [-0.15, -0.1) is 0 Å². The van der Waals surface area contributed by atoms with Crippen LogP contribution in [-0.2, 0) is 12.8 Å². The fourth-order valence-corrected chi connectivity index (χ4v) is 5.55. The molecule has 1 aliphatic rings. The number of carbonyl (C=O) groups excluding carboxylic acids is 1. The number of aryl methyl sites for hydroxylation is 2. The number of hydrazone groups is 1. The van der Waals surface area contributed by atoms with Gasteiger partial charge in [0.2, 0.25) is 5.13 Å². The van der Waals surface area contributed by atoms with Crippen LogP contribution in [0.25, 0.3) is 10.2 Å². The second kappa shape index (κ2) is 9.32. The number of anilines is 1. The quantitative estimate of drug-likeness (QED) is 0.191. The molecule has 0 radical (unpaired) electrons. The van der Waals surface area contributed by atoms with Crippen LogP contribution in [0.1, 0.15) is 39.2 Å². The fourth-order valence-electron chi connectivity index (χ4n) is 3.91. The monoisotopic (exact) mass is 492 g/mol. The molecule has 0 N–H and O–H groups in total. The average Bonchev–Trinajstić information content (AvgIpc) is 3.50. The second-order valence-electron chi connectivity index (χ2n) is 7.82. The normalized spacial score (nSPS) is 13.2. The molecular formula is C24H20N4O4S2. The van der Waals surface area contributed by atoms with Crippen LogP contribution in [0, 0.1) is 10.1 Å². The van der Waals surface area contributed by atoms with Crippen molar-refractivity contribution in [2.45, 2.75) is 25.7 Å². The van der Waals surface area contributed by atoms with Gasteiger partial charge in [0.25, 0.3) is 5.91 Å². The number of carbonyl (C=O) groups is 1. The van der Waals surface area contributed by atoms with Gasteiger partial charge in [0.1, 0.15) is 5.75 Å². The number of hydrogen-bond donors (Lipinski definition) is 0. The Labute approximate surface area is 203 Å². The van der Waals surface area contributed by atoms with Crippen molar-refractivity contribution < 1.29 is 14.5 Å². The van der Waals surface area contributed by atoms with Crippen LogP contribution in [0.5, 0.6) is 5.75 Å². The van der Waals surface area contributed by atoms with Crippen LogP contribution < -0.4 is 9.75 Å². The van der Waals surface area contributed by atoms with Crippen molar-refractivity contribution in [3.63, 3.8) is 0 Å². The molecule has 0 bridgehead atoms. The molecule has 2 heterocycles. The molecular weight excluding hydrogens is 472 g/mol. The van der Waals surface area contributed by atoms with Crippen molar-refractivity contribution in [1.82, 2.24) is 4.98 Å². The zero-order chi connectivity index (χ0) is 23.7. The van der Waals surface area contributed by atoms with Crippen LogP contribution >= 0.6 is 22.7 Å². The number of nitro groups is 1. The van der Waals surface area contributed by atoms with Gasteiger partial charge in [-0.05, 0) is 73.2 Å². The van der Waals surface area contributed by atoms with E-state index in [1.165, 1.54) is 46.2 Å². The van der Waals surface area contributed by atoms with Gasteiger partial charge in [-0.25, -0.2) is 4.98 Å². The topological polar surface area (TPSA) is 97.9 Å². The van der Waals surface area contributed by atoms with Gasteiger partial charge in [-0.3, -0.25) is 14.9 Å². The maximum absolute atomic E-state index is 13.6. The molecule has 0 atom stereocenters. The van der Waals surface area contributed by atoms with Crippen LogP contribution in [0.3, 0.4) is 0 Å². The van der Waals surface area contributed by atoms with Crippen molar-refractivity contribution in [2.24, 2.45) is 5.10 Å². The summed E-state index contributed by atoms with van der Waals surface area (Å²) in [7, 11) is 1.60. The number of amides is 1. The summed E-state index contributed by atoms with van der Waals surface area (Å²) in [5.41, 5.74) is 3.75. The highest BCUT2D eigenvalue weighted by molar-refractivity contribution is 7.22. The highest BCUT2D eigenvalue weighted by atomic mass is 32.1. The molecule has 4 aromatic rings. The Bertz CT molecular complexity index is 1430. The summed E-state index contributed by atoms with van der Waals surface area (Å²) >= 11 is 2.32. The van der Waals surface area contributed by atoms with Crippen molar-refractivity contribution in [2.75, 3.05) is 12.1 Å². The molecule has 0 spiro atoms. The summed E-state index contributed by atoms with van der Waals surface area (Å²) in [5.74, 6) is 0.395. The van der Waals surface area contributed by atoms with Crippen LogP contribution in [0.2, 0.25) is 0 Å². The molecule has 10 heteroatoms. The molecule has 0 fully saturated rings. The first-order valence-electron chi connectivity index (χ1n) is 10.7. The number of aromatic nitrogens is 1. The number of fused-ring (bicyclic) bond motifs is 2. The highest BCUT2D eigenvalue weighted by Gasteiger charge is 2.23. The molecule has 0 saturated heterocycles. The van der Waals surface area contributed by atoms with Crippen molar-refractivity contribution in [3.8, 4) is 5.75 Å². The number of thiophene rings is 1. The predicted octanol–water partition coefficient (Wildman–Crippen LogP) is 5.83. The van der Waals surface area contributed by atoms with E-state index in [1.54, 1.807) is 13.2 Å². The van der Waals surface area contributed by atoms with E-state index in [-0.39, 0.29) is 10.9 Å². The van der Waals surface area contributed by atoms with Gasteiger partial charge in [0.05, 0.1) is 33.3 Å². The third-order valence-electron chi connectivity index (χ3n) is 5.65. The summed E-state index contributed by atoms with van der Waals surface area (Å²) in [6.45, 7) is 0. The smallest absolute Gasteiger partial charge is 0.324 e. The van der Waals surface area contributed by atoms with Gasteiger partial charge in [-0.2, -0.15) is 10.1 Å². The summed E-state index contributed by atoms with van der Waals surface area (Å²) in [5, 5.41) is 17.1. The third-order valence-corrected chi connectivity index (χ3v) is 7.61. The van der Waals surface area contributed by atoms with Crippen molar-refractivity contribution in [1.29, 1.82) is 0 Å². The van der Waals surface area contributed by atoms with Crippen molar-refractivity contribution in [3.05, 3.63) is 80.2 Å². The lowest BCUT2D eigenvalue weighted by Crippen LogP contribution is -2.26. The standard InChI is InChI=1S/C24H20N4O4S2/c1-32-18-8-10-20-21(13-18)34-24(26-20)27(25-14-19-9-11-22(33-19)28(30)31)23(29)17-7-6-15-4-2-3-5-16(15)12-17/h6-14H,2-5H2,1H3/b25-14+. The van der Waals surface area contributed by atoms with Gasteiger partial charge in [-0.1, -0.05) is 28.7 Å². The van der Waals surface area contributed by atoms with Gasteiger partial charge < -0.3 is 4.74 Å². The SMILES string of the molecule is COc1ccc2nc(N(/N=C/c3ccc([N+](=O)[O-])s3)C(=O)c3ccc4c(c3)CCCC4)sc2c1. The Morgan fingerprint density at radius 2 is 1.94 bits per heavy atom. The third kappa shape index (κ3) is 4.42. The first kappa shape index (κ1) is 22.2. The number of ether oxygens (including phenoxy) is 1. The van der Waals surface area contributed by atoms with E-state index < -0.39 is 4.92 Å². The minimum atomic E-state index is -0.445. The first-order chi connectivity index (χ1) is 16.5. The molecule has 2 aromatic heterocycles. The number of benzene rings is 2. The summed E-state index contributed by atoms with van der Waals surface area (Å²) in [6.07, 6.45) is 5.73. The van der Waals surface area contributed by atoms with Gasteiger partial charge >= 0.3 is 5.00 Å². The van der Waals surface area contributed by atoms with E-state index in [9.17, 15) is 14.9 Å². The number of hydrogen-bond acceptors (Lipinski definition) is 8. The molecule has 5 rings (SSSR count). The summed E-state index contributed by atoms with van der Waals surface area (Å²) in [6, 6.07) is 14.4. The Morgan fingerprint density at radius 1 is 1.12 bits per heavy atom. The molecule has 34 heavy (non-hydrogen) atoms. The number of thiazole rings is 1. The highest BCUT2D eigenvalue weighted by Crippen LogP contribution is 2.33. The number of nitrogens with zero attached hydrogens (tertiary/aromatic N) is 4. The molecule has 8 nitrogen and oxygen atoms in total. The maximum Gasteiger partial charge on any atom is 0.324 e. The lowest BCUT2D eigenvalue weighted by molar-refractivity contribution is -0.380. The van der Waals surface area contributed by atoms with Crippen LogP contribution in [0.15, 0.2) is 53.6 Å². The molecule has 1 amide bonds. The second-order valence-corrected chi connectivity index (χ2v) is 9.92. The van der Waals surface area contributed by atoms with E-state index in [2.05, 4.69) is 10.1 Å². The average molecular weight is 493 g/mol. The molecule has 0 aliphatic heterocycles. The Morgan fingerprint density at radius 3 is 2.71 bits per heavy atom. The molecule has 172 valence electrons. The lowest BCUT2D eigenvalue weighted by atomic mass is 9.90. The molecule has 2 aromatic carbocycles. The maximum atomic E-state index is 13.6. The first-order valence-corrected chi connectivity index (χ1v) is 12.3. The predicted molar refractivity (Wildman–Crippen MR) is 135 cm³/mol. The molecule has 0 unspecified atom stereocenters. The van der Waals surface area contributed by atoms with Crippen LogP contribution in [-0.4, -0.2) is 29.1 Å². The van der Waals surface area contributed by atoms with Gasteiger partial charge in [0, 0.05) is 11.6 Å². The van der Waals surface area contributed by atoms with E-state index >= 15 is 0 Å². The molecule has 1 aliphatic carbocycles. The Hall–Kier alpha value is -3.63. The number of rotatable bonds is 6. The van der Waals surface area contributed by atoms with E-state index in [0.29, 0.717) is 21.3 Å². The summed E-state index contributed by atoms with van der Waals surface area (Å²) < 4.78 is 6.16. The lowest BCUT2D eigenvalue weighted by Gasteiger charge is -2.18. The van der Waals surface area contributed by atoms with E-state index in [1.807, 2.05) is 36.4 Å². The summed E-state index contributed by atoms with van der Waals surface area (Å²) in [4.78, 5) is 29.4. The van der Waals surface area contributed by atoms with E-state index in [0.717, 1.165) is 40.8 Å². The molecule has 0 saturated carbocycles. The minimum absolute atomic E-state index is 0.0149. The fraction of sp³-hybridized carbons (Fsp3) is 0.208. The largest absolute Gasteiger partial charge is 0.497 e. The zero-order valence-electron chi connectivity index (χ0n) is 18.3. The Kier molecular flexibility index (Phi) is 6.08. The van der Waals surface area contributed by atoms with Crippen LogP contribution in [0.4, 0.5) is 10.1 Å². The zero-order valence-corrected chi connectivity index (χ0v) is 19.9. The Balaban J connectivity index is 1.54. The number of methoxy groups -OCH3 is 1. The van der Waals surface area contributed by atoms with Gasteiger partial charge in [0.15, 0.2) is 0 Å². The van der Waals surface area contributed by atoms with E-state index in [4.69, 9.17) is 4.74 Å². The minimum Gasteiger partial charge on any atom is -0.497 e. The van der Waals surface area contributed by atoms with Crippen molar-refractivity contribution >= 4 is 55.1 Å².